The summed E-state index contributed by atoms with van der Waals surface area (Å²) in [7, 11) is 0. The molecule has 1 atom stereocenters. The fourth-order valence-corrected chi connectivity index (χ4v) is 4.24. The lowest BCUT2D eigenvalue weighted by molar-refractivity contribution is -0.126. The minimum Gasteiger partial charge on any atom is -0.352 e. The van der Waals surface area contributed by atoms with Crippen LogP contribution in [0, 0.1) is 11.8 Å². The largest absolute Gasteiger partial charge is 0.352 e. The SMILES string of the molecule is C[C@@H](C(=O)NCc1cccnc1)C1CCN(C(=O)c2cc3cc(Cl)ccc3[nH]2)CC1. The topological polar surface area (TPSA) is 78.1 Å². The van der Waals surface area contributed by atoms with Crippen LogP contribution >= 0.6 is 11.6 Å². The number of likely N-dealkylation sites (tertiary alicyclic amines) is 1. The Balaban J connectivity index is 1.31. The van der Waals surface area contributed by atoms with E-state index in [4.69, 9.17) is 11.6 Å². The number of rotatable bonds is 5. The molecule has 0 radical (unpaired) electrons. The highest BCUT2D eigenvalue weighted by Crippen LogP contribution is 2.27. The molecule has 1 aromatic carbocycles. The molecular weight excluding hydrogens is 400 g/mol. The van der Waals surface area contributed by atoms with E-state index in [1.54, 1.807) is 18.5 Å². The van der Waals surface area contributed by atoms with Gasteiger partial charge in [-0.15, -0.1) is 0 Å². The molecule has 0 unspecified atom stereocenters. The number of hydrogen-bond acceptors (Lipinski definition) is 3. The second-order valence-electron chi connectivity index (χ2n) is 7.91. The number of carbonyl (C=O) groups excluding carboxylic acids is 2. The number of carbonyl (C=O) groups is 2. The quantitative estimate of drug-likeness (QED) is 0.649. The number of hydrogen-bond donors (Lipinski definition) is 2. The van der Waals surface area contributed by atoms with Crippen LogP contribution in [-0.2, 0) is 11.3 Å². The highest BCUT2D eigenvalue weighted by Gasteiger charge is 2.30. The van der Waals surface area contributed by atoms with Crippen molar-refractivity contribution < 1.29 is 9.59 Å². The third-order valence-corrected chi connectivity index (χ3v) is 6.19. The highest BCUT2D eigenvalue weighted by atomic mass is 35.5. The van der Waals surface area contributed by atoms with E-state index in [1.165, 1.54) is 0 Å². The number of aromatic amines is 1. The average molecular weight is 425 g/mol. The molecule has 3 aromatic rings. The number of halogens is 1. The third-order valence-electron chi connectivity index (χ3n) is 5.95. The van der Waals surface area contributed by atoms with Gasteiger partial charge in [-0.3, -0.25) is 14.6 Å². The van der Waals surface area contributed by atoms with Crippen molar-refractivity contribution in [2.24, 2.45) is 11.8 Å². The van der Waals surface area contributed by atoms with Crippen molar-refractivity contribution in [3.05, 3.63) is 65.1 Å². The Morgan fingerprint density at radius 3 is 2.80 bits per heavy atom. The number of aromatic nitrogens is 2. The van der Waals surface area contributed by atoms with Gasteiger partial charge in [0.2, 0.25) is 5.91 Å². The van der Waals surface area contributed by atoms with Crippen LogP contribution in [-0.4, -0.2) is 39.8 Å². The summed E-state index contributed by atoms with van der Waals surface area (Å²) in [5, 5.41) is 4.58. The first-order chi connectivity index (χ1) is 14.5. The zero-order valence-corrected chi connectivity index (χ0v) is 17.7. The maximum atomic E-state index is 12.9. The minimum absolute atomic E-state index is 0.00513. The van der Waals surface area contributed by atoms with Crippen LogP contribution in [0.4, 0.5) is 0 Å². The summed E-state index contributed by atoms with van der Waals surface area (Å²) in [6.07, 6.45) is 5.11. The molecule has 7 heteroatoms. The van der Waals surface area contributed by atoms with Crippen molar-refractivity contribution in [2.45, 2.75) is 26.3 Å². The van der Waals surface area contributed by atoms with Crippen LogP contribution in [0.3, 0.4) is 0 Å². The second-order valence-corrected chi connectivity index (χ2v) is 8.35. The lowest BCUT2D eigenvalue weighted by Crippen LogP contribution is -2.42. The number of amides is 2. The van der Waals surface area contributed by atoms with E-state index in [9.17, 15) is 9.59 Å². The first kappa shape index (κ1) is 20.4. The maximum absolute atomic E-state index is 12.9. The molecule has 1 saturated heterocycles. The molecule has 0 bridgehead atoms. The van der Waals surface area contributed by atoms with Gasteiger partial charge in [-0.05, 0) is 54.7 Å². The molecule has 2 amide bonds. The van der Waals surface area contributed by atoms with Crippen LogP contribution in [0.2, 0.25) is 5.02 Å². The molecule has 3 heterocycles. The van der Waals surface area contributed by atoms with E-state index in [0.717, 1.165) is 29.3 Å². The van der Waals surface area contributed by atoms with Gasteiger partial charge in [0.1, 0.15) is 5.69 Å². The zero-order valence-electron chi connectivity index (χ0n) is 16.9. The standard InChI is InChI=1S/C23H25ClN4O2/c1-15(22(29)26-14-16-3-2-8-25-13-16)17-6-9-28(10-7-17)23(30)21-12-18-11-19(24)4-5-20(18)27-21/h2-5,8,11-13,15,17,27H,6-7,9-10,14H2,1H3,(H,26,29)/t15-/m1/s1. The maximum Gasteiger partial charge on any atom is 0.270 e. The summed E-state index contributed by atoms with van der Waals surface area (Å²) in [6.45, 7) is 3.76. The Hall–Kier alpha value is -2.86. The van der Waals surface area contributed by atoms with Gasteiger partial charge in [-0.2, -0.15) is 0 Å². The number of H-pyrrole nitrogens is 1. The molecule has 0 aliphatic carbocycles. The zero-order chi connectivity index (χ0) is 21.1. The normalized spacial score (nSPS) is 15.9. The van der Waals surface area contributed by atoms with Crippen molar-refractivity contribution in [2.75, 3.05) is 13.1 Å². The van der Waals surface area contributed by atoms with Gasteiger partial charge in [0, 0.05) is 53.9 Å². The van der Waals surface area contributed by atoms with E-state index >= 15 is 0 Å². The Morgan fingerprint density at radius 1 is 1.27 bits per heavy atom. The summed E-state index contributed by atoms with van der Waals surface area (Å²) in [5.41, 5.74) is 2.46. The monoisotopic (exact) mass is 424 g/mol. The molecule has 4 rings (SSSR count). The summed E-state index contributed by atoms with van der Waals surface area (Å²) in [6, 6.07) is 11.2. The Labute approximate surface area is 180 Å². The van der Waals surface area contributed by atoms with Crippen molar-refractivity contribution in [3.8, 4) is 0 Å². The van der Waals surface area contributed by atoms with E-state index in [-0.39, 0.29) is 23.7 Å². The minimum atomic E-state index is -0.0888. The Kier molecular flexibility index (Phi) is 6.04. The molecule has 1 aliphatic heterocycles. The van der Waals surface area contributed by atoms with E-state index in [2.05, 4.69) is 15.3 Å². The number of nitrogens with zero attached hydrogens (tertiary/aromatic N) is 2. The molecule has 156 valence electrons. The third kappa shape index (κ3) is 4.49. The fraction of sp³-hybridized carbons (Fsp3) is 0.348. The molecule has 6 nitrogen and oxygen atoms in total. The van der Waals surface area contributed by atoms with E-state index < -0.39 is 0 Å². The van der Waals surface area contributed by atoms with Gasteiger partial charge < -0.3 is 15.2 Å². The predicted molar refractivity (Wildman–Crippen MR) is 117 cm³/mol. The molecule has 2 aromatic heterocycles. The van der Waals surface area contributed by atoms with Gasteiger partial charge >= 0.3 is 0 Å². The van der Waals surface area contributed by atoms with Crippen molar-refractivity contribution >= 4 is 34.3 Å². The van der Waals surface area contributed by atoms with Crippen LogP contribution in [0.1, 0.15) is 35.8 Å². The number of pyridine rings is 1. The summed E-state index contributed by atoms with van der Waals surface area (Å²) in [4.78, 5) is 34.6. The number of benzene rings is 1. The van der Waals surface area contributed by atoms with Gasteiger partial charge in [-0.25, -0.2) is 0 Å². The number of nitrogens with one attached hydrogen (secondary N) is 2. The van der Waals surface area contributed by atoms with Crippen LogP contribution < -0.4 is 5.32 Å². The van der Waals surface area contributed by atoms with Crippen LogP contribution in [0.15, 0.2) is 48.8 Å². The van der Waals surface area contributed by atoms with Gasteiger partial charge in [0.15, 0.2) is 0 Å². The molecule has 30 heavy (non-hydrogen) atoms. The first-order valence-corrected chi connectivity index (χ1v) is 10.6. The number of fused-ring (bicyclic) bond motifs is 1. The molecule has 1 fully saturated rings. The fourth-order valence-electron chi connectivity index (χ4n) is 4.06. The van der Waals surface area contributed by atoms with Crippen LogP contribution in [0.25, 0.3) is 10.9 Å². The predicted octanol–water partition coefficient (Wildman–Crippen LogP) is 4.02. The van der Waals surface area contributed by atoms with E-state index in [0.29, 0.717) is 30.4 Å². The molecular formula is C23H25ClN4O2. The van der Waals surface area contributed by atoms with Gasteiger partial charge in [0.25, 0.3) is 5.91 Å². The molecule has 2 N–H and O–H groups in total. The van der Waals surface area contributed by atoms with Gasteiger partial charge in [0.05, 0.1) is 0 Å². The van der Waals surface area contributed by atoms with E-state index in [1.807, 2.05) is 42.2 Å². The molecule has 1 aliphatic rings. The highest BCUT2D eigenvalue weighted by molar-refractivity contribution is 6.31. The lowest BCUT2D eigenvalue weighted by Gasteiger charge is -2.34. The number of piperidine rings is 1. The van der Waals surface area contributed by atoms with Crippen LogP contribution in [0.5, 0.6) is 0 Å². The second kappa shape index (κ2) is 8.88. The molecule has 0 saturated carbocycles. The van der Waals surface area contributed by atoms with Crippen molar-refractivity contribution in [1.29, 1.82) is 0 Å². The average Bonchev–Trinajstić information content (AvgIpc) is 3.20. The Morgan fingerprint density at radius 2 is 2.07 bits per heavy atom. The van der Waals surface area contributed by atoms with Crippen molar-refractivity contribution in [3.63, 3.8) is 0 Å². The van der Waals surface area contributed by atoms with Gasteiger partial charge in [-0.1, -0.05) is 24.6 Å². The summed E-state index contributed by atoms with van der Waals surface area (Å²) in [5.74, 6) is 0.226. The molecule has 0 spiro atoms. The first-order valence-electron chi connectivity index (χ1n) is 10.3. The smallest absolute Gasteiger partial charge is 0.270 e. The summed E-state index contributed by atoms with van der Waals surface area (Å²) >= 11 is 6.04. The summed E-state index contributed by atoms with van der Waals surface area (Å²) < 4.78 is 0. The lowest BCUT2D eigenvalue weighted by atomic mass is 9.84. The Bertz CT molecular complexity index is 1040. The van der Waals surface area contributed by atoms with Crippen molar-refractivity contribution in [1.82, 2.24) is 20.2 Å².